The van der Waals surface area contributed by atoms with Crippen LogP contribution in [0, 0.1) is 10.1 Å². The van der Waals surface area contributed by atoms with Crippen molar-refractivity contribution in [2.75, 3.05) is 19.6 Å². The number of nitrogens with zero attached hydrogens (tertiary/aromatic N) is 2. The highest BCUT2D eigenvalue weighted by atomic mass is 16.6. The van der Waals surface area contributed by atoms with Gasteiger partial charge in [-0.3, -0.25) is 15.0 Å². The minimum atomic E-state index is -0.265. The Morgan fingerprint density at radius 3 is 2.85 bits per heavy atom. The lowest BCUT2D eigenvalue weighted by atomic mass is 9.99. The van der Waals surface area contributed by atoms with Gasteiger partial charge in [0.15, 0.2) is 0 Å². The molecule has 0 bridgehead atoms. The van der Waals surface area contributed by atoms with Crippen LogP contribution in [0.3, 0.4) is 0 Å². The lowest BCUT2D eigenvalue weighted by Crippen LogP contribution is -2.48. The third kappa shape index (κ3) is 3.55. The summed E-state index contributed by atoms with van der Waals surface area (Å²) < 4.78 is 0. The van der Waals surface area contributed by atoms with Crippen LogP contribution in [0.4, 0.5) is 5.69 Å². The predicted molar refractivity (Wildman–Crippen MR) is 79.9 cm³/mol. The topological polar surface area (TPSA) is 58.4 Å². The molecule has 0 saturated carbocycles. The standard InChI is InChI=1S/C15H23N3O2/c1-11(2)14-5-4-13(8-15(14)18(19)20)10-17-7-6-16-12(3)9-17/h4-5,8,11-12,16H,6-7,9-10H2,1-3H3/t12-/m1/s1. The van der Waals surface area contributed by atoms with E-state index < -0.39 is 0 Å². The van der Waals surface area contributed by atoms with Crippen LogP contribution < -0.4 is 5.32 Å². The van der Waals surface area contributed by atoms with Crippen molar-refractivity contribution in [3.63, 3.8) is 0 Å². The number of hydrogen-bond donors (Lipinski definition) is 1. The fourth-order valence-corrected chi connectivity index (χ4v) is 2.75. The monoisotopic (exact) mass is 277 g/mol. The second kappa shape index (κ2) is 6.33. The quantitative estimate of drug-likeness (QED) is 0.678. The van der Waals surface area contributed by atoms with Crippen LogP contribution in [0.25, 0.3) is 0 Å². The van der Waals surface area contributed by atoms with Crippen molar-refractivity contribution in [1.29, 1.82) is 0 Å². The number of nitro benzene ring substituents is 1. The summed E-state index contributed by atoms with van der Waals surface area (Å²) in [5, 5.41) is 14.6. The summed E-state index contributed by atoms with van der Waals surface area (Å²) in [6.45, 7) is 9.87. The molecule has 1 aliphatic heterocycles. The largest absolute Gasteiger partial charge is 0.312 e. The first-order valence-electron chi connectivity index (χ1n) is 7.20. The molecule has 1 saturated heterocycles. The SMILES string of the molecule is CC(C)c1ccc(CN2CCN[C@H](C)C2)cc1[N+](=O)[O-]. The van der Waals surface area contributed by atoms with Crippen LogP contribution in [0.5, 0.6) is 0 Å². The highest BCUT2D eigenvalue weighted by molar-refractivity contribution is 5.45. The molecule has 1 N–H and O–H groups in total. The molecule has 1 heterocycles. The first-order valence-corrected chi connectivity index (χ1v) is 7.20. The Balaban J connectivity index is 2.16. The molecule has 1 aromatic carbocycles. The van der Waals surface area contributed by atoms with E-state index in [0.29, 0.717) is 6.04 Å². The van der Waals surface area contributed by atoms with Gasteiger partial charge in [-0.2, -0.15) is 0 Å². The Bertz CT molecular complexity index is 488. The van der Waals surface area contributed by atoms with Gasteiger partial charge < -0.3 is 5.32 Å². The van der Waals surface area contributed by atoms with Gasteiger partial charge in [-0.1, -0.05) is 26.0 Å². The van der Waals surface area contributed by atoms with E-state index in [0.717, 1.165) is 37.3 Å². The van der Waals surface area contributed by atoms with Gasteiger partial charge in [0.1, 0.15) is 0 Å². The number of piperazine rings is 1. The maximum atomic E-state index is 11.2. The first kappa shape index (κ1) is 14.9. The summed E-state index contributed by atoms with van der Waals surface area (Å²) in [5.41, 5.74) is 2.09. The third-order valence-corrected chi connectivity index (χ3v) is 3.77. The van der Waals surface area contributed by atoms with E-state index >= 15 is 0 Å². The van der Waals surface area contributed by atoms with Crippen molar-refractivity contribution in [2.45, 2.75) is 39.3 Å². The van der Waals surface area contributed by atoms with Gasteiger partial charge in [0, 0.05) is 43.9 Å². The van der Waals surface area contributed by atoms with E-state index in [1.165, 1.54) is 0 Å². The Kier molecular flexibility index (Phi) is 4.73. The summed E-state index contributed by atoms with van der Waals surface area (Å²) in [7, 11) is 0. The number of nitro groups is 1. The van der Waals surface area contributed by atoms with E-state index in [9.17, 15) is 10.1 Å². The number of benzene rings is 1. The van der Waals surface area contributed by atoms with Crippen LogP contribution in [0.2, 0.25) is 0 Å². The summed E-state index contributed by atoms with van der Waals surface area (Å²) >= 11 is 0. The summed E-state index contributed by atoms with van der Waals surface area (Å²) in [6.07, 6.45) is 0. The molecule has 1 aromatic rings. The molecular weight excluding hydrogens is 254 g/mol. The average Bonchev–Trinajstić information content (AvgIpc) is 2.38. The highest BCUT2D eigenvalue weighted by Crippen LogP contribution is 2.27. The maximum absolute atomic E-state index is 11.2. The van der Waals surface area contributed by atoms with E-state index in [1.807, 2.05) is 26.0 Å². The van der Waals surface area contributed by atoms with Gasteiger partial charge in [-0.15, -0.1) is 0 Å². The second-order valence-electron chi connectivity index (χ2n) is 5.90. The average molecular weight is 277 g/mol. The predicted octanol–water partition coefficient (Wildman–Crippen LogP) is 2.51. The van der Waals surface area contributed by atoms with Crippen molar-refractivity contribution in [1.82, 2.24) is 10.2 Å². The zero-order valence-corrected chi connectivity index (χ0v) is 12.4. The number of hydrogen-bond acceptors (Lipinski definition) is 4. The number of rotatable bonds is 4. The van der Waals surface area contributed by atoms with Crippen LogP contribution in [0.1, 0.15) is 37.8 Å². The maximum Gasteiger partial charge on any atom is 0.273 e. The molecule has 1 aliphatic rings. The molecule has 1 atom stereocenters. The molecule has 5 nitrogen and oxygen atoms in total. The van der Waals surface area contributed by atoms with Gasteiger partial charge >= 0.3 is 0 Å². The Labute approximate surface area is 120 Å². The van der Waals surface area contributed by atoms with Gasteiger partial charge in [-0.05, 0) is 18.4 Å². The van der Waals surface area contributed by atoms with Crippen molar-refractivity contribution in [2.24, 2.45) is 0 Å². The molecule has 110 valence electrons. The molecule has 2 rings (SSSR count). The van der Waals surface area contributed by atoms with Crippen molar-refractivity contribution >= 4 is 5.69 Å². The summed E-state index contributed by atoms with van der Waals surface area (Å²) in [6, 6.07) is 6.15. The molecule has 0 aliphatic carbocycles. The lowest BCUT2D eigenvalue weighted by molar-refractivity contribution is -0.385. The second-order valence-corrected chi connectivity index (χ2v) is 5.90. The Morgan fingerprint density at radius 1 is 1.50 bits per heavy atom. The minimum absolute atomic E-state index is 0.170. The fourth-order valence-electron chi connectivity index (χ4n) is 2.75. The van der Waals surface area contributed by atoms with Crippen LogP contribution in [-0.4, -0.2) is 35.5 Å². The molecule has 0 spiro atoms. The smallest absolute Gasteiger partial charge is 0.273 e. The number of nitrogens with one attached hydrogen (secondary N) is 1. The fraction of sp³-hybridized carbons (Fsp3) is 0.600. The van der Waals surface area contributed by atoms with Gasteiger partial charge in [-0.25, -0.2) is 0 Å². The molecule has 20 heavy (non-hydrogen) atoms. The van der Waals surface area contributed by atoms with Crippen LogP contribution in [0.15, 0.2) is 18.2 Å². The van der Waals surface area contributed by atoms with Crippen LogP contribution in [-0.2, 0) is 6.54 Å². The Hall–Kier alpha value is -1.46. The van der Waals surface area contributed by atoms with E-state index in [1.54, 1.807) is 6.07 Å². The minimum Gasteiger partial charge on any atom is -0.312 e. The van der Waals surface area contributed by atoms with Crippen molar-refractivity contribution in [3.8, 4) is 0 Å². The van der Waals surface area contributed by atoms with Gasteiger partial charge in [0.25, 0.3) is 5.69 Å². The van der Waals surface area contributed by atoms with Gasteiger partial charge in [0.2, 0.25) is 0 Å². The highest BCUT2D eigenvalue weighted by Gasteiger charge is 2.19. The van der Waals surface area contributed by atoms with Crippen molar-refractivity contribution < 1.29 is 4.92 Å². The summed E-state index contributed by atoms with van der Waals surface area (Å²) in [5.74, 6) is 0.170. The molecule has 0 aromatic heterocycles. The van der Waals surface area contributed by atoms with Crippen molar-refractivity contribution in [3.05, 3.63) is 39.4 Å². The first-order chi connectivity index (χ1) is 9.47. The molecular formula is C15H23N3O2. The molecule has 5 heteroatoms. The molecule has 0 unspecified atom stereocenters. The third-order valence-electron chi connectivity index (χ3n) is 3.77. The normalized spacial score (nSPS) is 20.3. The Morgan fingerprint density at radius 2 is 2.25 bits per heavy atom. The molecule has 1 fully saturated rings. The van der Waals surface area contributed by atoms with Crippen LogP contribution >= 0.6 is 0 Å². The lowest BCUT2D eigenvalue weighted by Gasteiger charge is -2.31. The van der Waals surface area contributed by atoms with E-state index in [4.69, 9.17) is 0 Å². The van der Waals surface area contributed by atoms with E-state index in [2.05, 4.69) is 17.1 Å². The molecule has 0 amide bonds. The van der Waals surface area contributed by atoms with Gasteiger partial charge in [0.05, 0.1) is 4.92 Å². The zero-order valence-electron chi connectivity index (χ0n) is 12.4. The van der Waals surface area contributed by atoms with E-state index in [-0.39, 0.29) is 16.5 Å². The summed E-state index contributed by atoms with van der Waals surface area (Å²) in [4.78, 5) is 13.3. The molecule has 0 radical (unpaired) electrons. The zero-order chi connectivity index (χ0) is 14.7.